The van der Waals surface area contributed by atoms with Gasteiger partial charge in [0.25, 0.3) is 5.91 Å². The second-order valence-electron chi connectivity index (χ2n) is 4.59. The number of rotatable bonds is 6. The van der Waals surface area contributed by atoms with Gasteiger partial charge in [-0.3, -0.25) is 14.5 Å². The van der Waals surface area contributed by atoms with Gasteiger partial charge in [0.1, 0.15) is 10.1 Å². The Balaban J connectivity index is 2.27. The molecule has 23 heavy (non-hydrogen) atoms. The molecule has 1 amide bonds. The fourth-order valence-corrected chi connectivity index (χ4v) is 3.64. The van der Waals surface area contributed by atoms with Crippen LogP contribution in [0.5, 0.6) is 5.75 Å². The van der Waals surface area contributed by atoms with Crippen LogP contribution in [-0.2, 0) is 9.59 Å². The van der Waals surface area contributed by atoms with E-state index in [-0.39, 0.29) is 18.9 Å². The van der Waals surface area contributed by atoms with E-state index in [1.807, 2.05) is 25.1 Å². The Morgan fingerprint density at radius 3 is 2.91 bits per heavy atom. The number of carboxylic acids is 1. The van der Waals surface area contributed by atoms with Crippen molar-refractivity contribution < 1.29 is 19.4 Å². The summed E-state index contributed by atoms with van der Waals surface area (Å²) in [5.74, 6) is -0.566. The van der Waals surface area contributed by atoms with Gasteiger partial charge in [-0.05, 0) is 31.2 Å². The molecule has 0 bridgehead atoms. The predicted octanol–water partition coefficient (Wildman–Crippen LogP) is 3.52. The van der Waals surface area contributed by atoms with Crippen LogP contribution in [0.3, 0.4) is 0 Å². The first-order chi connectivity index (χ1) is 10.9. The van der Waals surface area contributed by atoms with Crippen molar-refractivity contribution in [3.63, 3.8) is 0 Å². The highest BCUT2D eigenvalue weighted by Crippen LogP contribution is 2.35. The van der Waals surface area contributed by atoms with Gasteiger partial charge in [0.15, 0.2) is 0 Å². The Bertz CT molecular complexity index is 690. The van der Waals surface area contributed by atoms with Gasteiger partial charge in [-0.25, -0.2) is 0 Å². The molecule has 1 fully saturated rings. The van der Waals surface area contributed by atoms with Crippen molar-refractivity contribution in [3.8, 4) is 5.75 Å². The number of aliphatic carboxylic acids is 1. The summed E-state index contributed by atoms with van der Waals surface area (Å²) in [5.41, 5.74) is 0.764. The van der Waals surface area contributed by atoms with E-state index >= 15 is 0 Å². The number of benzene rings is 1. The molecule has 1 saturated heterocycles. The lowest BCUT2D eigenvalue weighted by atomic mass is 10.2. The largest absolute Gasteiger partial charge is 0.493 e. The lowest BCUT2D eigenvalue weighted by molar-refractivity contribution is -0.137. The Kier molecular flexibility index (Phi) is 6.20. The summed E-state index contributed by atoms with van der Waals surface area (Å²) in [6, 6.07) is 5.54. The van der Waals surface area contributed by atoms with Crippen LogP contribution in [0, 0.1) is 0 Å². The minimum Gasteiger partial charge on any atom is -0.493 e. The van der Waals surface area contributed by atoms with E-state index < -0.39 is 5.97 Å². The van der Waals surface area contributed by atoms with E-state index in [1.54, 1.807) is 6.08 Å². The predicted molar refractivity (Wildman–Crippen MR) is 97.4 cm³/mol. The highest BCUT2D eigenvalue weighted by molar-refractivity contribution is 9.10. The lowest BCUT2D eigenvalue weighted by Crippen LogP contribution is -2.30. The first kappa shape index (κ1) is 18.0. The van der Waals surface area contributed by atoms with Crippen molar-refractivity contribution in [3.05, 3.63) is 33.1 Å². The van der Waals surface area contributed by atoms with Crippen molar-refractivity contribution in [1.29, 1.82) is 0 Å². The molecule has 0 unspecified atom stereocenters. The van der Waals surface area contributed by atoms with Gasteiger partial charge in [0.2, 0.25) is 0 Å². The standard InChI is InChI=1S/C15H14BrNO4S2/c1-2-21-11-4-3-10(16)7-9(11)8-12-14(20)17(15(22)23-12)6-5-13(18)19/h3-4,7-8H,2,5-6H2,1H3,(H,18,19)/b12-8+. The summed E-state index contributed by atoms with van der Waals surface area (Å²) < 4.78 is 6.80. The molecule has 1 aromatic rings. The fourth-order valence-electron chi connectivity index (χ4n) is 1.96. The average molecular weight is 416 g/mol. The molecular weight excluding hydrogens is 402 g/mol. The van der Waals surface area contributed by atoms with Gasteiger partial charge in [-0.1, -0.05) is 39.9 Å². The molecule has 0 radical (unpaired) electrons. The first-order valence-electron chi connectivity index (χ1n) is 6.82. The molecule has 0 aliphatic carbocycles. The van der Waals surface area contributed by atoms with Gasteiger partial charge in [-0.2, -0.15) is 0 Å². The van der Waals surface area contributed by atoms with Gasteiger partial charge >= 0.3 is 5.97 Å². The molecule has 5 nitrogen and oxygen atoms in total. The molecular formula is C15H14BrNO4S2. The highest BCUT2D eigenvalue weighted by Gasteiger charge is 2.32. The van der Waals surface area contributed by atoms with Crippen LogP contribution in [0.1, 0.15) is 18.9 Å². The Labute approximate surface area is 151 Å². The number of hydrogen-bond donors (Lipinski definition) is 1. The Hall–Kier alpha value is -1.38. The molecule has 2 rings (SSSR count). The maximum Gasteiger partial charge on any atom is 0.305 e. The molecule has 1 heterocycles. The molecule has 0 aromatic heterocycles. The van der Waals surface area contributed by atoms with Crippen LogP contribution >= 0.6 is 39.9 Å². The third kappa shape index (κ3) is 4.55. The third-order valence-corrected chi connectivity index (χ3v) is 4.85. The number of halogens is 1. The summed E-state index contributed by atoms with van der Waals surface area (Å²) >= 11 is 9.73. The smallest absolute Gasteiger partial charge is 0.305 e. The summed E-state index contributed by atoms with van der Waals surface area (Å²) in [6.45, 7) is 2.48. The van der Waals surface area contributed by atoms with Gasteiger partial charge in [0.05, 0.1) is 17.9 Å². The summed E-state index contributed by atoms with van der Waals surface area (Å²) in [7, 11) is 0. The molecule has 0 saturated carbocycles. The van der Waals surface area contributed by atoms with Crippen molar-refractivity contribution in [2.45, 2.75) is 13.3 Å². The van der Waals surface area contributed by atoms with E-state index in [0.717, 1.165) is 10.0 Å². The van der Waals surface area contributed by atoms with E-state index in [9.17, 15) is 9.59 Å². The maximum atomic E-state index is 12.4. The molecule has 1 aliphatic rings. The second kappa shape index (κ2) is 7.94. The van der Waals surface area contributed by atoms with E-state index in [2.05, 4.69) is 15.9 Å². The van der Waals surface area contributed by atoms with Crippen molar-refractivity contribution in [1.82, 2.24) is 4.90 Å². The summed E-state index contributed by atoms with van der Waals surface area (Å²) in [4.78, 5) is 24.8. The quantitative estimate of drug-likeness (QED) is 0.566. The van der Waals surface area contributed by atoms with Gasteiger partial charge < -0.3 is 9.84 Å². The number of thiocarbonyl (C=S) groups is 1. The summed E-state index contributed by atoms with van der Waals surface area (Å²) in [6.07, 6.45) is 1.58. The van der Waals surface area contributed by atoms with Crippen molar-refractivity contribution >= 4 is 62.2 Å². The molecule has 0 atom stereocenters. The monoisotopic (exact) mass is 415 g/mol. The lowest BCUT2D eigenvalue weighted by Gasteiger charge is -2.12. The average Bonchev–Trinajstić information content (AvgIpc) is 2.74. The van der Waals surface area contributed by atoms with Gasteiger partial charge in [-0.15, -0.1) is 0 Å². The molecule has 8 heteroatoms. The minimum absolute atomic E-state index is 0.0775. The van der Waals surface area contributed by atoms with Crippen LogP contribution in [0.4, 0.5) is 0 Å². The fraction of sp³-hybridized carbons (Fsp3) is 0.267. The van der Waals surface area contributed by atoms with E-state index in [4.69, 9.17) is 22.1 Å². The number of nitrogens with zero attached hydrogens (tertiary/aromatic N) is 1. The van der Waals surface area contributed by atoms with Crippen LogP contribution in [0.2, 0.25) is 0 Å². The maximum absolute atomic E-state index is 12.4. The SMILES string of the molecule is CCOc1ccc(Br)cc1/C=C1/SC(=S)N(CCC(=O)O)C1=O. The zero-order chi connectivity index (χ0) is 17.0. The number of ether oxygens (including phenoxy) is 1. The number of carbonyl (C=O) groups is 2. The molecule has 1 aliphatic heterocycles. The zero-order valence-corrected chi connectivity index (χ0v) is 15.5. The zero-order valence-electron chi connectivity index (χ0n) is 12.2. The first-order valence-corrected chi connectivity index (χ1v) is 8.83. The normalized spacial score (nSPS) is 16.3. The van der Waals surface area contributed by atoms with Crippen LogP contribution < -0.4 is 4.74 Å². The van der Waals surface area contributed by atoms with Crippen molar-refractivity contribution in [2.75, 3.05) is 13.2 Å². The Morgan fingerprint density at radius 2 is 2.26 bits per heavy atom. The van der Waals surface area contributed by atoms with Gasteiger partial charge in [0, 0.05) is 16.6 Å². The Morgan fingerprint density at radius 1 is 1.52 bits per heavy atom. The van der Waals surface area contributed by atoms with E-state index in [1.165, 1.54) is 16.7 Å². The molecule has 0 spiro atoms. The van der Waals surface area contributed by atoms with E-state index in [0.29, 0.717) is 21.6 Å². The number of thioether (sulfide) groups is 1. The van der Waals surface area contributed by atoms with Crippen LogP contribution in [0.15, 0.2) is 27.6 Å². The number of carbonyl (C=O) groups excluding carboxylic acids is 1. The minimum atomic E-state index is -0.964. The number of amides is 1. The highest BCUT2D eigenvalue weighted by atomic mass is 79.9. The molecule has 1 aromatic carbocycles. The summed E-state index contributed by atoms with van der Waals surface area (Å²) in [5, 5.41) is 8.75. The van der Waals surface area contributed by atoms with Crippen molar-refractivity contribution in [2.24, 2.45) is 0 Å². The third-order valence-electron chi connectivity index (χ3n) is 2.98. The number of carboxylic acid groups (broad SMARTS) is 1. The van der Waals surface area contributed by atoms with Crippen LogP contribution in [0.25, 0.3) is 6.08 Å². The molecule has 122 valence electrons. The molecule has 1 N–H and O–H groups in total. The topological polar surface area (TPSA) is 66.8 Å². The number of hydrogen-bond acceptors (Lipinski definition) is 5. The second-order valence-corrected chi connectivity index (χ2v) is 7.18. The van der Waals surface area contributed by atoms with Crippen LogP contribution in [-0.4, -0.2) is 39.4 Å².